The standard InChI is InChI=1S/C11H16ClN/c1-4-10(9(3)12)11-6-5-8(2)7-13-11/h5-7,9-10H,4H2,1-3H3. The molecule has 0 fully saturated rings. The first-order chi connectivity index (χ1) is 6.15. The summed E-state index contributed by atoms with van der Waals surface area (Å²) >= 11 is 6.08. The lowest BCUT2D eigenvalue weighted by molar-refractivity contribution is 0.630. The van der Waals surface area contributed by atoms with Gasteiger partial charge in [-0.2, -0.15) is 0 Å². The Labute approximate surface area is 85.1 Å². The van der Waals surface area contributed by atoms with Crippen molar-refractivity contribution in [2.24, 2.45) is 0 Å². The van der Waals surface area contributed by atoms with Crippen molar-refractivity contribution in [3.8, 4) is 0 Å². The maximum absolute atomic E-state index is 6.08. The maximum Gasteiger partial charge on any atom is 0.0449 e. The van der Waals surface area contributed by atoms with E-state index in [4.69, 9.17) is 11.6 Å². The van der Waals surface area contributed by atoms with E-state index in [1.807, 2.05) is 20.0 Å². The van der Waals surface area contributed by atoms with Gasteiger partial charge >= 0.3 is 0 Å². The van der Waals surface area contributed by atoms with E-state index in [1.165, 1.54) is 5.56 Å². The molecule has 1 aromatic rings. The molecule has 0 aliphatic rings. The Morgan fingerprint density at radius 2 is 2.15 bits per heavy atom. The number of hydrogen-bond acceptors (Lipinski definition) is 1. The monoisotopic (exact) mass is 197 g/mol. The zero-order valence-corrected chi connectivity index (χ0v) is 9.17. The third kappa shape index (κ3) is 2.70. The van der Waals surface area contributed by atoms with Gasteiger partial charge in [-0.25, -0.2) is 0 Å². The third-order valence-electron chi connectivity index (χ3n) is 2.31. The van der Waals surface area contributed by atoms with Crippen LogP contribution in [0.2, 0.25) is 0 Å². The number of halogens is 1. The van der Waals surface area contributed by atoms with E-state index in [0.29, 0.717) is 5.92 Å². The summed E-state index contributed by atoms with van der Waals surface area (Å²) in [6.07, 6.45) is 2.94. The fraction of sp³-hybridized carbons (Fsp3) is 0.545. The van der Waals surface area contributed by atoms with Crippen LogP contribution in [0.25, 0.3) is 0 Å². The van der Waals surface area contributed by atoms with Gasteiger partial charge in [0.05, 0.1) is 0 Å². The van der Waals surface area contributed by atoms with Crippen LogP contribution in [-0.2, 0) is 0 Å². The summed E-state index contributed by atoms with van der Waals surface area (Å²) in [4.78, 5) is 4.39. The van der Waals surface area contributed by atoms with Crippen LogP contribution in [0, 0.1) is 6.92 Å². The number of pyridine rings is 1. The second kappa shape index (κ2) is 4.61. The molecule has 0 bridgehead atoms. The van der Waals surface area contributed by atoms with Gasteiger partial charge in [0.15, 0.2) is 0 Å². The molecule has 0 amide bonds. The summed E-state index contributed by atoms with van der Waals surface area (Å²) < 4.78 is 0. The summed E-state index contributed by atoms with van der Waals surface area (Å²) in [5.74, 6) is 0.377. The molecule has 0 aromatic carbocycles. The molecule has 0 saturated heterocycles. The van der Waals surface area contributed by atoms with Gasteiger partial charge in [0.1, 0.15) is 0 Å². The summed E-state index contributed by atoms with van der Waals surface area (Å²) in [5.41, 5.74) is 2.30. The van der Waals surface area contributed by atoms with E-state index >= 15 is 0 Å². The number of alkyl halides is 1. The van der Waals surface area contributed by atoms with Crippen LogP contribution in [0.15, 0.2) is 18.3 Å². The van der Waals surface area contributed by atoms with Gasteiger partial charge in [-0.15, -0.1) is 11.6 Å². The van der Waals surface area contributed by atoms with Crippen molar-refractivity contribution in [3.63, 3.8) is 0 Å². The van der Waals surface area contributed by atoms with E-state index in [2.05, 4.69) is 24.0 Å². The van der Waals surface area contributed by atoms with Crippen LogP contribution in [0.5, 0.6) is 0 Å². The SMILES string of the molecule is CCC(c1ccc(C)cn1)C(C)Cl. The number of nitrogens with zero attached hydrogens (tertiary/aromatic N) is 1. The topological polar surface area (TPSA) is 12.9 Å². The third-order valence-corrected chi connectivity index (χ3v) is 2.61. The molecule has 0 aliphatic carbocycles. The number of hydrogen-bond donors (Lipinski definition) is 0. The lowest BCUT2D eigenvalue weighted by Gasteiger charge is -2.16. The molecule has 2 atom stereocenters. The quantitative estimate of drug-likeness (QED) is 0.676. The Morgan fingerprint density at radius 3 is 2.54 bits per heavy atom. The predicted octanol–water partition coefficient (Wildman–Crippen LogP) is 3.51. The highest BCUT2D eigenvalue weighted by Crippen LogP contribution is 2.24. The van der Waals surface area contributed by atoms with Gasteiger partial charge in [-0.05, 0) is 31.9 Å². The highest BCUT2D eigenvalue weighted by Gasteiger charge is 2.15. The molecule has 1 nitrogen and oxygen atoms in total. The van der Waals surface area contributed by atoms with Crippen molar-refractivity contribution in [2.45, 2.75) is 38.5 Å². The van der Waals surface area contributed by atoms with Crippen molar-refractivity contribution >= 4 is 11.6 Å². The lowest BCUT2D eigenvalue weighted by atomic mass is 9.98. The second-order valence-corrected chi connectivity index (χ2v) is 4.14. The van der Waals surface area contributed by atoms with E-state index < -0.39 is 0 Å². The minimum absolute atomic E-state index is 0.153. The lowest BCUT2D eigenvalue weighted by Crippen LogP contribution is -2.09. The Balaban J connectivity index is 2.86. The van der Waals surface area contributed by atoms with Gasteiger partial charge < -0.3 is 0 Å². The van der Waals surface area contributed by atoms with Crippen molar-refractivity contribution in [3.05, 3.63) is 29.6 Å². The van der Waals surface area contributed by atoms with Gasteiger partial charge in [-0.3, -0.25) is 4.98 Å². The first kappa shape index (κ1) is 10.5. The zero-order valence-electron chi connectivity index (χ0n) is 8.42. The molecule has 1 rings (SSSR count). The average Bonchev–Trinajstić information content (AvgIpc) is 2.09. The van der Waals surface area contributed by atoms with Gasteiger partial charge in [-0.1, -0.05) is 13.0 Å². The van der Waals surface area contributed by atoms with Crippen LogP contribution in [0.3, 0.4) is 0 Å². The Kier molecular flexibility index (Phi) is 3.73. The number of rotatable bonds is 3. The molecule has 2 unspecified atom stereocenters. The second-order valence-electron chi connectivity index (χ2n) is 3.45. The van der Waals surface area contributed by atoms with Crippen LogP contribution < -0.4 is 0 Å². The highest BCUT2D eigenvalue weighted by molar-refractivity contribution is 6.20. The molecule has 72 valence electrons. The van der Waals surface area contributed by atoms with E-state index in [9.17, 15) is 0 Å². The van der Waals surface area contributed by atoms with E-state index in [-0.39, 0.29) is 5.38 Å². The Bertz CT molecular complexity index is 253. The van der Waals surface area contributed by atoms with Gasteiger partial charge in [0.25, 0.3) is 0 Å². The molecule has 0 N–H and O–H groups in total. The summed E-state index contributed by atoms with van der Waals surface area (Å²) in [6, 6.07) is 4.16. The predicted molar refractivity (Wildman–Crippen MR) is 57.3 cm³/mol. The highest BCUT2D eigenvalue weighted by atomic mass is 35.5. The number of aromatic nitrogens is 1. The number of aryl methyl sites for hydroxylation is 1. The summed E-state index contributed by atoms with van der Waals surface area (Å²) in [5, 5.41) is 0.153. The molecule has 0 aliphatic heterocycles. The molecule has 0 spiro atoms. The van der Waals surface area contributed by atoms with Crippen molar-refractivity contribution in [1.82, 2.24) is 4.98 Å². The molecule has 0 radical (unpaired) electrons. The fourth-order valence-electron chi connectivity index (χ4n) is 1.47. The molecular weight excluding hydrogens is 182 g/mol. The maximum atomic E-state index is 6.08. The molecule has 1 heterocycles. The molecule has 13 heavy (non-hydrogen) atoms. The van der Waals surface area contributed by atoms with E-state index in [1.54, 1.807) is 0 Å². The summed E-state index contributed by atoms with van der Waals surface area (Å²) in [6.45, 7) is 6.21. The molecule has 1 aromatic heterocycles. The minimum Gasteiger partial charge on any atom is -0.261 e. The fourth-order valence-corrected chi connectivity index (χ4v) is 1.78. The smallest absolute Gasteiger partial charge is 0.0449 e. The van der Waals surface area contributed by atoms with Crippen molar-refractivity contribution in [1.29, 1.82) is 0 Å². The molecular formula is C11H16ClN. The Morgan fingerprint density at radius 1 is 1.46 bits per heavy atom. The van der Waals surface area contributed by atoms with Crippen molar-refractivity contribution < 1.29 is 0 Å². The van der Waals surface area contributed by atoms with Gasteiger partial charge in [0.2, 0.25) is 0 Å². The molecule has 0 saturated carbocycles. The Hall–Kier alpha value is -0.560. The summed E-state index contributed by atoms with van der Waals surface area (Å²) in [7, 11) is 0. The van der Waals surface area contributed by atoms with Gasteiger partial charge in [0, 0.05) is 23.2 Å². The van der Waals surface area contributed by atoms with Crippen LogP contribution >= 0.6 is 11.6 Å². The first-order valence-electron chi connectivity index (χ1n) is 4.71. The largest absolute Gasteiger partial charge is 0.261 e. The first-order valence-corrected chi connectivity index (χ1v) is 5.15. The van der Waals surface area contributed by atoms with Crippen LogP contribution in [0.4, 0.5) is 0 Å². The zero-order chi connectivity index (χ0) is 9.84. The van der Waals surface area contributed by atoms with Crippen LogP contribution in [0.1, 0.15) is 37.4 Å². The minimum atomic E-state index is 0.153. The molecule has 2 heteroatoms. The van der Waals surface area contributed by atoms with Crippen LogP contribution in [-0.4, -0.2) is 10.4 Å². The average molecular weight is 198 g/mol. The van der Waals surface area contributed by atoms with E-state index in [0.717, 1.165) is 12.1 Å². The normalized spacial score (nSPS) is 15.4. The van der Waals surface area contributed by atoms with Crippen molar-refractivity contribution in [2.75, 3.05) is 0 Å².